The van der Waals surface area contributed by atoms with E-state index < -0.39 is 0 Å². The van der Waals surface area contributed by atoms with E-state index in [-0.39, 0.29) is 22.4 Å². The van der Waals surface area contributed by atoms with Crippen molar-refractivity contribution in [3.8, 4) is 11.5 Å². The second-order valence-corrected chi connectivity index (χ2v) is 9.15. The van der Waals surface area contributed by atoms with Crippen LogP contribution < -0.4 is 4.74 Å². The molecule has 26 heavy (non-hydrogen) atoms. The van der Waals surface area contributed by atoms with Crippen LogP contribution in [0.25, 0.3) is 0 Å². The lowest BCUT2D eigenvalue weighted by Crippen LogP contribution is -2.47. The number of allylic oxidation sites excluding steroid dienone is 2. The summed E-state index contributed by atoms with van der Waals surface area (Å²) in [5, 5.41) is 9.90. The third-order valence-corrected chi connectivity index (χ3v) is 6.87. The van der Waals surface area contributed by atoms with Crippen molar-refractivity contribution in [3.05, 3.63) is 34.9 Å². The number of hydrogen-bond donors (Lipinski definition) is 1. The van der Waals surface area contributed by atoms with Gasteiger partial charge in [-0.25, -0.2) is 0 Å². The highest BCUT2D eigenvalue weighted by atomic mass is 16.5. The van der Waals surface area contributed by atoms with E-state index >= 15 is 0 Å². The molecule has 2 aliphatic carbocycles. The highest BCUT2D eigenvalue weighted by Gasteiger charge is 2.51. The number of methoxy groups -OCH3 is 1. The number of rotatable bonds is 4. The number of phenolic OH excluding ortho intramolecular Hbond substituents is 1. The second kappa shape index (κ2) is 6.75. The number of ether oxygens (including phenoxy) is 1. The minimum absolute atomic E-state index is 0.0257. The van der Waals surface area contributed by atoms with Crippen molar-refractivity contribution < 1.29 is 14.6 Å². The molecule has 3 rings (SSSR count). The van der Waals surface area contributed by atoms with Crippen molar-refractivity contribution >= 4 is 5.78 Å². The molecule has 0 heterocycles. The molecule has 3 nitrogen and oxygen atoms in total. The van der Waals surface area contributed by atoms with Crippen LogP contribution in [0.15, 0.2) is 29.3 Å². The molecule has 1 aromatic rings. The average molecular weight is 357 g/mol. The molecule has 142 valence electrons. The molecule has 0 saturated heterocycles. The van der Waals surface area contributed by atoms with E-state index in [0.29, 0.717) is 18.1 Å². The van der Waals surface area contributed by atoms with Gasteiger partial charge in [0.15, 0.2) is 5.78 Å². The van der Waals surface area contributed by atoms with Crippen LogP contribution in [-0.4, -0.2) is 18.0 Å². The normalized spacial score (nSPS) is 27.8. The SMILES string of the molecule is COc1cc(O)cc(CC(=O)C2=C(C)CC[C@H]3C(C)(C)CCC[C@]23C)c1. The molecule has 0 bridgehead atoms. The molecule has 0 amide bonds. The van der Waals surface area contributed by atoms with Crippen molar-refractivity contribution in [2.45, 2.75) is 66.2 Å². The predicted molar refractivity (Wildman–Crippen MR) is 105 cm³/mol. The summed E-state index contributed by atoms with van der Waals surface area (Å²) in [4.78, 5) is 13.4. The Kier molecular flexibility index (Phi) is 4.94. The predicted octanol–water partition coefficient (Wildman–Crippen LogP) is 5.46. The summed E-state index contributed by atoms with van der Waals surface area (Å²) in [5.74, 6) is 1.50. The van der Waals surface area contributed by atoms with Gasteiger partial charge in [-0.05, 0) is 67.1 Å². The smallest absolute Gasteiger partial charge is 0.163 e. The number of carbonyl (C=O) groups is 1. The number of fused-ring (bicyclic) bond motifs is 1. The summed E-state index contributed by atoms with van der Waals surface area (Å²) in [6, 6.07) is 5.09. The summed E-state index contributed by atoms with van der Waals surface area (Å²) in [6.07, 6.45) is 6.06. The first-order valence-corrected chi connectivity index (χ1v) is 9.78. The van der Waals surface area contributed by atoms with Crippen LogP contribution in [-0.2, 0) is 11.2 Å². The zero-order valence-corrected chi connectivity index (χ0v) is 16.8. The van der Waals surface area contributed by atoms with E-state index in [9.17, 15) is 9.90 Å². The van der Waals surface area contributed by atoms with E-state index in [2.05, 4.69) is 27.7 Å². The molecule has 2 aliphatic rings. The Bertz CT molecular complexity index is 744. The average Bonchev–Trinajstić information content (AvgIpc) is 2.52. The molecule has 3 heteroatoms. The first kappa shape index (κ1) is 19.0. The fourth-order valence-corrected chi connectivity index (χ4v) is 5.80. The zero-order chi connectivity index (χ0) is 19.1. The maximum atomic E-state index is 13.4. The maximum Gasteiger partial charge on any atom is 0.163 e. The lowest BCUT2D eigenvalue weighted by molar-refractivity contribution is -0.118. The minimum atomic E-state index is -0.0257. The van der Waals surface area contributed by atoms with Crippen molar-refractivity contribution in [2.24, 2.45) is 16.7 Å². The Morgan fingerprint density at radius 2 is 1.96 bits per heavy atom. The molecule has 0 aromatic heterocycles. The quantitative estimate of drug-likeness (QED) is 0.779. The number of carbonyl (C=O) groups excluding carboxylic acids is 1. The Labute approximate surface area is 157 Å². The number of ketones is 1. The highest BCUT2D eigenvalue weighted by molar-refractivity contribution is 5.99. The zero-order valence-electron chi connectivity index (χ0n) is 16.8. The number of benzene rings is 1. The van der Waals surface area contributed by atoms with Gasteiger partial charge in [-0.15, -0.1) is 0 Å². The number of phenols is 1. The Balaban J connectivity index is 1.94. The van der Waals surface area contributed by atoms with E-state index in [1.165, 1.54) is 24.8 Å². The summed E-state index contributed by atoms with van der Waals surface area (Å²) in [6.45, 7) is 9.20. The van der Waals surface area contributed by atoms with Crippen LogP contribution in [0.4, 0.5) is 0 Å². The molecular weight excluding hydrogens is 324 g/mol. The molecule has 1 aromatic carbocycles. The Hall–Kier alpha value is -1.77. The van der Waals surface area contributed by atoms with Crippen LogP contribution in [0.1, 0.15) is 65.4 Å². The monoisotopic (exact) mass is 356 g/mol. The molecule has 1 N–H and O–H groups in total. The van der Waals surface area contributed by atoms with Gasteiger partial charge < -0.3 is 9.84 Å². The van der Waals surface area contributed by atoms with Gasteiger partial charge in [-0.3, -0.25) is 4.79 Å². The molecule has 0 radical (unpaired) electrons. The van der Waals surface area contributed by atoms with E-state index in [1.807, 2.05) is 6.07 Å². The van der Waals surface area contributed by atoms with Gasteiger partial charge in [-0.1, -0.05) is 32.8 Å². The van der Waals surface area contributed by atoms with Crippen LogP contribution in [0.3, 0.4) is 0 Å². The van der Waals surface area contributed by atoms with Gasteiger partial charge in [-0.2, -0.15) is 0 Å². The molecule has 1 fully saturated rings. The van der Waals surface area contributed by atoms with Crippen molar-refractivity contribution in [1.82, 2.24) is 0 Å². The molecule has 1 saturated carbocycles. The molecule has 0 unspecified atom stereocenters. The fraction of sp³-hybridized carbons (Fsp3) is 0.609. The lowest BCUT2D eigenvalue weighted by atomic mass is 9.49. The standard InChI is InChI=1S/C23H32O3/c1-15-7-8-20-22(2,3)9-6-10-23(20,4)21(15)19(25)13-16-11-17(24)14-18(12-16)26-5/h11-12,14,20,24H,6-10,13H2,1-5H3/t20-,23-/m0/s1. The third kappa shape index (κ3) is 3.28. The first-order chi connectivity index (χ1) is 12.2. The molecule has 0 aliphatic heterocycles. The largest absolute Gasteiger partial charge is 0.508 e. The van der Waals surface area contributed by atoms with Gasteiger partial charge in [0.1, 0.15) is 11.5 Å². The summed E-state index contributed by atoms with van der Waals surface area (Å²) >= 11 is 0. The summed E-state index contributed by atoms with van der Waals surface area (Å²) < 4.78 is 5.23. The van der Waals surface area contributed by atoms with E-state index in [4.69, 9.17) is 4.74 Å². The number of Topliss-reactive ketones (excluding diaryl/α,β-unsaturated/α-hetero) is 1. The summed E-state index contributed by atoms with van der Waals surface area (Å²) in [7, 11) is 1.57. The topological polar surface area (TPSA) is 46.5 Å². The van der Waals surface area contributed by atoms with Crippen molar-refractivity contribution in [2.75, 3.05) is 7.11 Å². The Morgan fingerprint density at radius 1 is 1.23 bits per heavy atom. The van der Waals surface area contributed by atoms with Gasteiger partial charge in [0.05, 0.1) is 7.11 Å². The summed E-state index contributed by atoms with van der Waals surface area (Å²) in [5.41, 5.74) is 3.39. The molecule has 0 spiro atoms. The van der Waals surface area contributed by atoms with Crippen LogP contribution in [0.2, 0.25) is 0 Å². The van der Waals surface area contributed by atoms with Crippen LogP contribution in [0.5, 0.6) is 11.5 Å². The Morgan fingerprint density at radius 3 is 2.65 bits per heavy atom. The second-order valence-electron chi connectivity index (χ2n) is 9.15. The van der Waals surface area contributed by atoms with Gasteiger partial charge in [0, 0.05) is 18.1 Å². The number of hydrogen-bond acceptors (Lipinski definition) is 3. The van der Waals surface area contributed by atoms with Crippen LogP contribution in [0, 0.1) is 16.7 Å². The minimum Gasteiger partial charge on any atom is -0.508 e. The van der Waals surface area contributed by atoms with Gasteiger partial charge >= 0.3 is 0 Å². The lowest BCUT2D eigenvalue weighted by Gasteiger charge is -2.54. The first-order valence-electron chi connectivity index (χ1n) is 9.78. The van der Waals surface area contributed by atoms with Crippen LogP contribution >= 0.6 is 0 Å². The van der Waals surface area contributed by atoms with Crippen molar-refractivity contribution in [3.63, 3.8) is 0 Å². The highest BCUT2D eigenvalue weighted by Crippen LogP contribution is 2.59. The molecular formula is C23H32O3. The third-order valence-electron chi connectivity index (χ3n) is 6.87. The maximum absolute atomic E-state index is 13.4. The van der Waals surface area contributed by atoms with E-state index in [1.54, 1.807) is 19.2 Å². The van der Waals surface area contributed by atoms with Gasteiger partial charge in [0.25, 0.3) is 0 Å². The van der Waals surface area contributed by atoms with Crippen molar-refractivity contribution in [1.29, 1.82) is 0 Å². The molecule has 2 atom stereocenters. The van der Waals surface area contributed by atoms with E-state index in [0.717, 1.165) is 24.0 Å². The van der Waals surface area contributed by atoms with Gasteiger partial charge in [0.2, 0.25) is 0 Å². The number of aromatic hydroxyl groups is 1. The fourth-order valence-electron chi connectivity index (χ4n) is 5.80.